The minimum absolute atomic E-state index is 0.0158. The molecule has 0 bridgehead atoms. The maximum atomic E-state index is 12.2. The van der Waals surface area contributed by atoms with E-state index in [1.54, 1.807) is 0 Å². The number of carbonyl (C=O) groups is 1. The Kier molecular flexibility index (Phi) is 6.50. The van der Waals surface area contributed by atoms with Crippen molar-refractivity contribution in [1.82, 2.24) is 10.6 Å². The van der Waals surface area contributed by atoms with Crippen LogP contribution in [-0.2, 0) is 4.79 Å². The molecule has 1 heterocycles. The molecule has 4 heteroatoms. The van der Waals surface area contributed by atoms with Crippen LogP contribution in [0.4, 0.5) is 0 Å². The number of piperidine rings is 1. The van der Waals surface area contributed by atoms with E-state index in [2.05, 4.69) is 37.7 Å². The number of carbonyl (C=O) groups excluding carboxylic acids is 1. The van der Waals surface area contributed by atoms with Crippen molar-refractivity contribution in [2.45, 2.75) is 57.2 Å². The molecule has 2 unspecified atom stereocenters. The van der Waals surface area contributed by atoms with Gasteiger partial charge in [-0.1, -0.05) is 20.8 Å². The van der Waals surface area contributed by atoms with Crippen LogP contribution in [0.25, 0.3) is 0 Å². The summed E-state index contributed by atoms with van der Waals surface area (Å²) in [5.74, 6) is 0.839. The summed E-state index contributed by atoms with van der Waals surface area (Å²) in [4.78, 5) is 12.2. The predicted octanol–water partition coefficient (Wildman–Crippen LogP) is 2.41. The number of amides is 1. The van der Waals surface area contributed by atoms with Gasteiger partial charge in [0, 0.05) is 11.3 Å². The molecule has 0 radical (unpaired) electrons. The minimum atomic E-state index is 0.0158. The number of thioether (sulfide) groups is 1. The van der Waals surface area contributed by atoms with Gasteiger partial charge in [0.1, 0.15) is 0 Å². The van der Waals surface area contributed by atoms with Crippen LogP contribution >= 0.6 is 11.8 Å². The highest BCUT2D eigenvalue weighted by molar-refractivity contribution is 8.00. The second kappa shape index (κ2) is 7.39. The van der Waals surface area contributed by atoms with Crippen molar-refractivity contribution in [2.24, 2.45) is 5.92 Å². The lowest BCUT2D eigenvalue weighted by Gasteiger charge is -2.32. The summed E-state index contributed by atoms with van der Waals surface area (Å²) in [5, 5.41) is 6.47. The molecule has 3 nitrogen and oxygen atoms in total. The highest BCUT2D eigenvalue weighted by Crippen LogP contribution is 2.29. The number of hydrogen-bond acceptors (Lipinski definition) is 3. The normalized spacial score (nSPS) is 24.9. The largest absolute Gasteiger partial charge is 0.353 e. The fourth-order valence-electron chi connectivity index (χ4n) is 2.54. The lowest BCUT2D eigenvalue weighted by molar-refractivity contribution is -0.124. The molecule has 0 spiro atoms. The quantitative estimate of drug-likeness (QED) is 0.780. The van der Waals surface area contributed by atoms with Gasteiger partial charge in [0.05, 0.1) is 6.04 Å². The van der Waals surface area contributed by atoms with Crippen molar-refractivity contribution in [3.8, 4) is 0 Å². The summed E-state index contributed by atoms with van der Waals surface area (Å²) in [6, 6.07) is 0.0158. The van der Waals surface area contributed by atoms with E-state index < -0.39 is 0 Å². The second-order valence-electron chi connectivity index (χ2n) is 5.45. The summed E-state index contributed by atoms with van der Waals surface area (Å²) >= 11 is 1.87. The maximum Gasteiger partial charge on any atom is 0.237 e. The maximum absolute atomic E-state index is 12.2. The first-order valence-electron chi connectivity index (χ1n) is 7.13. The van der Waals surface area contributed by atoms with Gasteiger partial charge in [0.15, 0.2) is 0 Å². The van der Waals surface area contributed by atoms with Crippen LogP contribution in [0.3, 0.4) is 0 Å². The minimum Gasteiger partial charge on any atom is -0.353 e. The fraction of sp³-hybridized carbons (Fsp3) is 0.929. The topological polar surface area (TPSA) is 41.1 Å². The first-order valence-corrected chi connectivity index (χ1v) is 8.35. The van der Waals surface area contributed by atoms with Crippen LogP contribution < -0.4 is 10.6 Å². The Balaban J connectivity index is 2.44. The van der Waals surface area contributed by atoms with Gasteiger partial charge in [-0.25, -0.2) is 0 Å². The molecule has 1 amide bonds. The highest BCUT2D eigenvalue weighted by Gasteiger charge is 2.29. The average Bonchev–Trinajstić information content (AvgIpc) is 2.40. The van der Waals surface area contributed by atoms with E-state index >= 15 is 0 Å². The zero-order chi connectivity index (χ0) is 13.6. The van der Waals surface area contributed by atoms with E-state index in [1.807, 2.05) is 11.8 Å². The van der Waals surface area contributed by atoms with Gasteiger partial charge in [0.25, 0.3) is 0 Å². The van der Waals surface area contributed by atoms with Crippen LogP contribution in [0, 0.1) is 5.92 Å². The Bertz CT molecular complexity index is 258. The van der Waals surface area contributed by atoms with Gasteiger partial charge in [-0.3, -0.25) is 4.79 Å². The molecule has 1 aliphatic rings. The third-order valence-corrected chi connectivity index (χ3v) is 5.88. The van der Waals surface area contributed by atoms with E-state index in [0.717, 1.165) is 32.4 Å². The van der Waals surface area contributed by atoms with E-state index in [4.69, 9.17) is 0 Å². The summed E-state index contributed by atoms with van der Waals surface area (Å²) in [5.41, 5.74) is 0. The molecule has 0 aliphatic carbocycles. The molecule has 1 rings (SSSR count). The Morgan fingerprint density at radius 3 is 2.61 bits per heavy atom. The smallest absolute Gasteiger partial charge is 0.237 e. The van der Waals surface area contributed by atoms with E-state index in [0.29, 0.717) is 5.92 Å². The first kappa shape index (κ1) is 15.8. The van der Waals surface area contributed by atoms with Crippen LogP contribution in [0.15, 0.2) is 0 Å². The van der Waals surface area contributed by atoms with E-state index in [1.165, 1.54) is 6.42 Å². The van der Waals surface area contributed by atoms with Crippen LogP contribution in [-0.4, -0.2) is 36.0 Å². The van der Waals surface area contributed by atoms with E-state index in [9.17, 15) is 4.79 Å². The van der Waals surface area contributed by atoms with Gasteiger partial charge < -0.3 is 10.6 Å². The van der Waals surface area contributed by atoms with Crippen molar-refractivity contribution >= 4 is 17.7 Å². The molecule has 18 heavy (non-hydrogen) atoms. The highest BCUT2D eigenvalue weighted by atomic mass is 32.2. The van der Waals surface area contributed by atoms with Gasteiger partial charge >= 0.3 is 0 Å². The van der Waals surface area contributed by atoms with E-state index in [-0.39, 0.29) is 16.7 Å². The molecular weight excluding hydrogens is 244 g/mol. The molecule has 0 aromatic rings. The van der Waals surface area contributed by atoms with Crippen molar-refractivity contribution in [2.75, 3.05) is 19.3 Å². The fourth-order valence-corrected chi connectivity index (χ4v) is 3.33. The van der Waals surface area contributed by atoms with Crippen molar-refractivity contribution < 1.29 is 4.79 Å². The standard InChI is InChI=1S/C14H28N2OS/c1-5-14(6-2,18-4)10-16-13(17)12-9-11(3)7-8-15-12/h11-12,15H,5-10H2,1-4H3,(H,16,17). The van der Waals surface area contributed by atoms with Crippen molar-refractivity contribution in [1.29, 1.82) is 0 Å². The Labute approximate surface area is 116 Å². The molecule has 0 aromatic carbocycles. The Hall–Kier alpha value is -0.220. The summed E-state index contributed by atoms with van der Waals surface area (Å²) in [6.07, 6.45) is 6.48. The predicted molar refractivity (Wildman–Crippen MR) is 80.0 cm³/mol. The third-order valence-electron chi connectivity index (χ3n) is 4.29. The molecule has 2 N–H and O–H groups in total. The lowest BCUT2D eigenvalue weighted by atomic mass is 9.93. The Morgan fingerprint density at radius 1 is 1.44 bits per heavy atom. The van der Waals surface area contributed by atoms with Crippen molar-refractivity contribution in [3.63, 3.8) is 0 Å². The van der Waals surface area contributed by atoms with Gasteiger partial charge in [0.2, 0.25) is 5.91 Å². The molecule has 0 aromatic heterocycles. The molecule has 106 valence electrons. The molecule has 1 fully saturated rings. The van der Waals surface area contributed by atoms with Crippen molar-refractivity contribution in [3.05, 3.63) is 0 Å². The molecule has 1 saturated heterocycles. The van der Waals surface area contributed by atoms with Gasteiger partial charge in [-0.05, 0) is 44.4 Å². The van der Waals surface area contributed by atoms with Crippen LogP contribution in [0.1, 0.15) is 46.5 Å². The zero-order valence-corrected chi connectivity index (χ0v) is 13.0. The molecule has 1 aliphatic heterocycles. The summed E-state index contributed by atoms with van der Waals surface area (Å²) < 4.78 is 0.204. The first-order chi connectivity index (χ1) is 8.56. The summed E-state index contributed by atoms with van der Waals surface area (Å²) in [6.45, 7) is 8.38. The average molecular weight is 272 g/mol. The Morgan fingerprint density at radius 2 is 2.11 bits per heavy atom. The monoisotopic (exact) mass is 272 g/mol. The lowest BCUT2D eigenvalue weighted by Crippen LogP contribution is -2.51. The van der Waals surface area contributed by atoms with Crippen LogP contribution in [0.2, 0.25) is 0 Å². The van der Waals surface area contributed by atoms with Crippen LogP contribution in [0.5, 0.6) is 0 Å². The zero-order valence-electron chi connectivity index (χ0n) is 12.2. The second-order valence-corrected chi connectivity index (χ2v) is 6.72. The SMILES string of the molecule is CCC(CC)(CNC(=O)C1CC(C)CCN1)SC. The number of hydrogen-bond donors (Lipinski definition) is 2. The molecular formula is C14H28N2OS. The number of rotatable bonds is 6. The van der Waals surface area contributed by atoms with Gasteiger partial charge in [-0.15, -0.1) is 0 Å². The number of nitrogens with one attached hydrogen (secondary N) is 2. The van der Waals surface area contributed by atoms with Gasteiger partial charge in [-0.2, -0.15) is 11.8 Å². The molecule has 2 atom stereocenters. The third kappa shape index (κ3) is 4.16. The molecule has 0 saturated carbocycles. The summed E-state index contributed by atoms with van der Waals surface area (Å²) in [7, 11) is 0.